The van der Waals surface area contributed by atoms with Gasteiger partial charge in [-0.3, -0.25) is 4.90 Å². The lowest BCUT2D eigenvalue weighted by Gasteiger charge is -2.39. The number of nitrogens with zero attached hydrogens (tertiary/aromatic N) is 1. The summed E-state index contributed by atoms with van der Waals surface area (Å²) in [6.45, 7) is 8.64. The minimum Gasteiger partial charge on any atom is -0.496 e. The summed E-state index contributed by atoms with van der Waals surface area (Å²) < 4.78 is 17.7. The van der Waals surface area contributed by atoms with E-state index < -0.39 is 0 Å². The Bertz CT molecular complexity index is 450. The van der Waals surface area contributed by atoms with Gasteiger partial charge in [-0.15, -0.1) is 0 Å². The number of anilines is 1. The molecule has 1 fully saturated rings. The molecular weight excluding hydrogens is 255 g/mol. The van der Waals surface area contributed by atoms with E-state index >= 15 is 0 Å². The first kappa shape index (κ1) is 15.1. The molecule has 1 aromatic carbocycles. The van der Waals surface area contributed by atoms with Gasteiger partial charge in [0.1, 0.15) is 12.4 Å². The highest BCUT2D eigenvalue weighted by Crippen LogP contribution is 2.33. The molecule has 1 N–H and O–H groups in total. The first-order chi connectivity index (χ1) is 9.44. The number of hydrogen-bond donors (Lipinski definition) is 1. The summed E-state index contributed by atoms with van der Waals surface area (Å²) in [6.07, 6.45) is 0. The van der Waals surface area contributed by atoms with Crippen molar-refractivity contribution in [3.8, 4) is 5.75 Å². The average Bonchev–Trinajstić information content (AvgIpc) is 2.34. The van der Waals surface area contributed by atoms with Crippen molar-refractivity contribution in [1.29, 1.82) is 0 Å². The molecule has 0 spiro atoms. The molecular formula is C16H25FN2O. The number of rotatable bonds is 5. The molecule has 0 aromatic heterocycles. The number of likely N-dealkylation sites (tertiary alicyclic amines) is 1. The predicted octanol–water partition coefficient (Wildman–Crippen LogP) is 3.06. The van der Waals surface area contributed by atoms with Crippen molar-refractivity contribution in [2.24, 2.45) is 0 Å². The monoisotopic (exact) mass is 280 g/mol. The Hall–Kier alpha value is -1.29. The largest absolute Gasteiger partial charge is 0.496 e. The topological polar surface area (TPSA) is 24.5 Å². The van der Waals surface area contributed by atoms with Gasteiger partial charge in [0.2, 0.25) is 0 Å². The van der Waals surface area contributed by atoms with E-state index in [1.54, 1.807) is 7.11 Å². The molecule has 1 heterocycles. The molecule has 0 unspecified atom stereocenters. The normalized spacial score (nSPS) is 16.9. The van der Waals surface area contributed by atoms with Gasteiger partial charge in [0, 0.05) is 31.4 Å². The van der Waals surface area contributed by atoms with Crippen LogP contribution in [-0.4, -0.2) is 44.4 Å². The Morgan fingerprint density at radius 3 is 2.60 bits per heavy atom. The fourth-order valence-corrected chi connectivity index (χ4v) is 2.60. The molecule has 4 heteroatoms. The lowest BCUT2D eigenvalue weighted by molar-refractivity contribution is 0.150. The molecule has 112 valence electrons. The molecule has 20 heavy (non-hydrogen) atoms. The molecule has 0 bridgehead atoms. The van der Waals surface area contributed by atoms with Gasteiger partial charge >= 0.3 is 0 Å². The minimum absolute atomic E-state index is 0.0677. The van der Waals surface area contributed by atoms with Crippen molar-refractivity contribution in [3.63, 3.8) is 0 Å². The molecule has 3 nitrogen and oxygen atoms in total. The molecule has 0 radical (unpaired) electrons. The standard InChI is InChI=1S/C16H25FN2O/c1-16(2,3)14-6-5-12(9-15(14)20-4)18-13-10-19(11-13)8-7-17/h5-6,9,13,18H,7-8,10-11H2,1-4H3. The third-order valence-electron chi connectivity index (χ3n) is 3.74. The smallest absolute Gasteiger partial charge is 0.124 e. The second kappa shape index (κ2) is 6.00. The van der Waals surface area contributed by atoms with Crippen LogP contribution in [0.1, 0.15) is 26.3 Å². The van der Waals surface area contributed by atoms with Crippen LogP contribution in [0, 0.1) is 0 Å². The third-order valence-corrected chi connectivity index (χ3v) is 3.74. The second-order valence-corrected chi connectivity index (χ2v) is 6.45. The highest BCUT2D eigenvalue weighted by atomic mass is 19.1. The fraction of sp³-hybridized carbons (Fsp3) is 0.625. The number of benzene rings is 1. The Morgan fingerprint density at radius 2 is 2.05 bits per heavy atom. The maximum Gasteiger partial charge on any atom is 0.124 e. The summed E-state index contributed by atoms with van der Waals surface area (Å²) in [4.78, 5) is 2.11. The number of hydrogen-bond acceptors (Lipinski definition) is 3. The summed E-state index contributed by atoms with van der Waals surface area (Å²) in [6, 6.07) is 6.69. The first-order valence-corrected chi connectivity index (χ1v) is 7.17. The zero-order valence-corrected chi connectivity index (χ0v) is 12.9. The lowest BCUT2D eigenvalue weighted by atomic mass is 9.86. The van der Waals surface area contributed by atoms with Crippen LogP contribution in [-0.2, 0) is 5.41 Å². The van der Waals surface area contributed by atoms with Crippen LogP contribution in [0.3, 0.4) is 0 Å². The molecule has 1 aliphatic heterocycles. The van der Waals surface area contributed by atoms with Crippen molar-refractivity contribution < 1.29 is 9.13 Å². The minimum atomic E-state index is -0.263. The number of alkyl halides is 1. The van der Waals surface area contributed by atoms with E-state index in [1.165, 1.54) is 5.56 Å². The Balaban J connectivity index is 2.00. The van der Waals surface area contributed by atoms with E-state index in [9.17, 15) is 4.39 Å². The van der Waals surface area contributed by atoms with Crippen molar-refractivity contribution >= 4 is 5.69 Å². The SMILES string of the molecule is COc1cc(NC2CN(CCF)C2)ccc1C(C)(C)C. The summed E-state index contributed by atoms with van der Waals surface area (Å²) in [5, 5.41) is 3.48. The van der Waals surface area contributed by atoms with Gasteiger partial charge < -0.3 is 10.1 Å². The van der Waals surface area contributed by atoms with Gasteiger partial charge in [-0.25, -0.2) is 4.39 Å². The Kier molecular flexibility index (Phi) is 4.53. The number of methoxy groups -OCH3 is 1. The van der Waals surface area contributed by atoms with Gasteiger partial charge in [0.05, 0.1) is 13.2 Å². The number of ether oxygens (including phenoxy) is 1. The van der Waals surface area contributed by atoms with Crippen molar-refractivity contribution in [3.05, 3.63) is 23.8 Å². The van der Waals surface area contributed by atoms with E-state index in [1.807, 2.05) is 0 Å². The molecule has 0 aliphatic carbocycles. The highest BCUT2D eigenvalue weighted by molar-refractivity contribution is 5.54. The molecule has 1 aromatic rings. The quantitative estimate of drug-likeness (QED) is 0.897. The third kappa shape index (κ3) is 3.42. The Labute approximate surface area is 121 Å². The van der Waals surface area contributed by atoms with Crippen molar-refractivity contribution in [2.75, 3.05) is 38.7 Å². The van der Waals surface area contributed by atoms with Crippen molar-refractivity contribution in [2.45, 2.75) is 32.2 Å². The maximum absolute atomic E-state index is 12.2. The summed E-state index contributed by atoms with van der Waals surface area (Å²) in [7, 11) is 1.71. The maximum atomic E-state index is 12.2. The highest BCUT2D eigenvalue weighted by Gasteiger charge is 2.26. The van der Waals surface area contributed by atoms with Crippen LogP contribution in [0.5, 0.6) is 5.75 Å². The molecule has 1 saturated heterocycles. The molecule has 0 saturated carbocycles. The van der Waals surface area contributed by atoms with Crippen LogP contribution < -0.4 is 10.1 Å². The van der Waals surface area contributed by atoms with E-state index in [4.69, 9.17) is 4.74 Å². The Morgan fingerprint density at radius 1 is 1.35 bits per heavy atom. The van der Waals surface area contributed by atoms with Crippen molar-refractivity contribution in [1.82, 2.24) is 4.90 Å². The van der Waals surface area contributed by atoms with Gasteiger partial charge in [0.15, 0.2) is 0 Å². The van der Waals surface area contributed by atoms with Crippen LogP contribution >= 0.6 is 0 Å². The van der Waals surface area contributed by atoms with Crippen LogP contribution in [0.15, 0.2) is 18.2 Å². The number of nitrogens with one attached hydrogen (secondary N) is 1. The zero-order valence-electron chi connectivity index (χ0n) is 12.9. The van der Waals surface area contributed by atoms with E-state index in [2.05, 4.69) is 49.2 Å². The van der Waals surface area contributed by atoms with Gasteiger partial charge in [-0.05, 0) is 17.0 Å². The molecule has 2 rings (SSSR count). The van der Waals surface area contributed by atoms with Crippen LogP contribution in [0.4, 0.5) is 10.1 Å². The van der Waals surface area contributed by atoms with E-state index in [0.717, 1.165) is 24.5 Å². The first-order valence-electron chi connectivity index (χ1n) is 7.17. The van der Waals surface area contributed by atoms with Crippen LogP contribution in [0.25, 0.3) is 0 Å². The lowest BCUT2D eigenvalue weighted by Crippen LogP contribution is -2.55. The second-order valence-electron chi connectivity index (χ2n) is 6.45. The summed E-state index contributed by atoms with van der Waals surface area (Å²) in [5.74, 6) is 0.919. The zero-order chi connectivity index (χ0) is 14.8. The molecule has 1 aliphatic rings. The fourth-order valence-electron chi connectivity index (χ4n) is 2.60. The van der Waals surface area contributed by atoms with E-state index in [0.29, 0.717) is 12.6 Å². The average molecular weight is 280 g/mol. The molecule has 0 amide bonds. The van der Waals surface area contributed by atoms with Crippen LogP contribution in [0.2, 0.25) is 0 Å². The molecule has 0 atom stereocenters. The predicted molar refractivity (Wildman–Crippen MR) is 81.5 cm³/mol. The summed E-state index contributed by atoms with van der Waals surface area (Å²) in [5.41, 5.74) is 2.34. The summed E-state index contributed by atoms with van der Waals surface area (Å²) >= 11 is 0. The van der Waals surface area contributed by atoms with E-state index in [-0.39, 0.29) is 12.1 Å². The van der Waals surface area contributed by atoms with Gasteiger partial charge in [-0.2, -0.15) is 0 Å². The van der Waals surface area contributed by atoms with Gasteiger partial charge in [0.25, 0.3) is 0 Å². The van der Waals surface area contributed by atoms with Gasteiger partial charge in [-0.1, -0.05) is 26.8 Å². The number of halogens is 1.